The van der Waals surface area contributed by atoms with Crippen LogP contribution in [0.1, 0.15) is 6.92 Å². The third-order valence-corrected chi connectivity index (χ3v) is 3.33. The van der Waals surface area contributed by atoms with Crippen molar-refractivity contribution in [2.75, 3.05) is 0 Å². The number of aryl methyl sites for hydroxylation is 1. The van der Waals surface area contributed by atoms with E-state index in [1.807, 2.05) is 37.3 Å². The van der Waals surface area contributed by atoms with Crippen LogP contribution < -0.4 is 0 Å². The van der Waals surface area contributed by atoms with E-state index >= 15 is 0 Å². The summed E-state index contributed by atoms with van der Waals surface area (Å²) in [5.41, 5.74) is 2.45. The maximum Gasteiger partial charge on any atom is 0.148 e. The summed E-state index contributed by atoms with van der Waals surface area (Å²) < 4.78 is 2.45. The molecule has 0 spiro atoms. The lowest BCUT2D eigenvalue weighted by Gasteiger charge is -2.09. The van der Waals surface area contributed by atoms with Crippen LogP contribution >= 0.6 is 12.2 Å². The highest BCUT2D eigenvalue weighted by Gasteiger charge is 2.10. The first-order valence-corrected chi connectivity index (χ1v) is 6.49. The minimum Gasteiger partial charge on any atom is -0.255 e. The van der Waals surface area contributed by atoms with Crippen molar-refractivity contribution in [1.82, 2.24) is 19.7 Å². The largest absolute Gasteiger partial charge is 0.255 e. The lowest BCUT2D eigenvalue weighted by atomic mass is 10.1. The van der Waals surface area contributed by atoms with E-state index in [1.165, 1.54) is 0 Å². The van der Waals surface area contributed by atoms with Crippen molar-refractivity contribution >= 4 is 23.1 Å². The van der Waals surface area contributed by atoms with Gasteiger partial charge in [0.25, 0.3) is 0 Å². The van der Waals surface area contributed by atoms with Crippen molar-refractivity contribution in [3.05, 3.63) is 47.4 Å². The summed E-state index contributed by atoms with van der Waals surface area (Å²) >= 11 is 5.42. The smallest absolute Gasteiger partial charge is 0.148 e. The average molecular weight is 268 g/mol. The Morgan fingerprint density at radius 3 is 2.68 bits per heavy atom. The zero-order valence-corrected chi connectivity index (χ0v) is 11.3. The highest BCUT2D eigenvalue weighted by atomic mass is 32.1. The fraction of sp³-hybridized carbons (Fsp3) is 0.143. The minimum absolute atomic E-state index is 0.665. The van der Waals surface area contributed by atoms with Crippen LogP contribution in [0.4, 0.5) is 0 Å². The molecule has 0 fully saturated rings. The molecule has 0 atom stereocenters. The zero-order chi connectivity index (χ0) is 13.2. The Balaban J connectivity index is 2.42. The van der Waals surface area contributed by atoms with Gasteiger partial charge in [-0.15, -0.1) is 0 Å². The van der Waals surface area contributed by atoms with Crippen LogP contribution in [0.5, 0.6) is 0 Å². The van der Waals surface area contributed by atoms with E-state index < -0.39 is 0 Å². The normalized spacial score (nSPS) is 10.8. The van der Waals surface area contributed by atoms with Crippen molar-refractivity contribution < 1.29 is 0 Å². The fourth-order valence-electron chi connectivity index (χ4n) is 2.02. The van der Waals surface area contributed by atoms with Crippen LogP contribution in [0, 0.1) is 4.64 Å². The number of aromatic nitrogens is 4. The molecule has 0 saturated heterocycles. The Morgan fingerprint density at radius 2 is 1.95 bits per heavy atom. The molecule has 0 amide bonds. The number of pyridine rings is 2. The number of nitrogens with zero attached hydrogens (tertiary/aromatic N) is 4. The summed E-state index contributed by atoms with van der Waals surface area (Å²) in [6.45, 7) is 2.73. The maximum atomic E-state index is 5.42. The second-order valence-electron chi connectivity index (χ2n) is 4.08. The van der Waals surface area contributed by atoms with Crippen molar-refractivity contribution in [2.24, 2.45) is 0 Å². The molecule has 3 heterocycles. The third-order valence-electron chi connectivity index (χ3n) is 2.93. The van der Waals surface area contributed by atoms with Crippen molar-refractivity contribution in [3.8, 4) is 11.4 Å². The molecule has 0 aromatic carbocycles. The van der Waals surface area contributed by atoms with Crippen LogP contribution in [0.2, 0.25) is 0 Å². The molecule has 0 radical (unpaired) electrons. The molecule has 0 N–H and O–H groups in total. The van der Waals surface area contributed by atoms with Crippen molar-refractivity contribution in [3.63, 3.8) is 0 Å². The van der Waals surface area contributed by atoms with E-state index in [0.29, 0.717) is 11.2 Å². The lowest BCUT2D eigenvalue weighted by molar-refractivity contribution is 0.638. The van der Waals surface area contributed by atoms with Gasteiger partial charge in [-0.2, -0.15) is 5.10 Å². The lowest BCUT2D eigenvalue weighted by Crippen LogP contribution is -2.06. The molecular weight excluding hydrogens is 256 g/mol. The predicted molar refractivity (Wildman–Crippen MR) is 77.3 cm³/mol. The highest BCUT2D eigenvalue weighted by molar-refractivity contribution is 7.71. The SMILES string of the molecule is CCn1nc(-c2ccccn2)c2cccnc2c1=S. The van der Waals surface area contributed by atoms with Crippen LogP contribution in [0.3, 0.4) is 0 Å². The monoisotopic (exact) mass is 268 g/mol. The standard InChI is InChI=1S/C14H12N4S/c1-2-18-14(19)13-10(6-5-9-16-13)12(17-18)11-7-3-4-8-15-11/h3-9H,2H2,1H3. The summed E-state index contributed by atoms with van der Waals surface area (Å²) in [5.74, 6) is 0. The second-order valence-corrected chi connectivity index (χ2v) is 4.47. The Hall–Kier alpha value is -2.14. The maximum absolute atomic E-state index is 5.42. The number of hydrogen-bond donors (Lipinski definition) is 0. The molecule has 0 aliphatic rings. The summed E-state index contributed by atoms with van der Waals surface area (Å²) in [5, 5.41) is 5.54. The molecule has 19 heavy (non-hydrogen) atoms. The summed E-state index contributed by atoms with van der Waals surface area (Å²) in [6, 6.07) is 9.65. The molecule has 0 saturated carbocycles. The van der Waals surface area contributed by atoms with Crippen LogP contribution in [-0.4, -0.2) is 19.7 Å². The molecule has 0 unspecified atom stereocenters. The molecule has 0 aliphatic heterocycles. The van der Waals surface area contributed by atoms with E-state index in [2.05, 4.69) is 15.1 Å². The number of rotatable bonds is 2. The Kier molecular flexibility index (Phi) is 3.05. The number of hydrogen-bond acceptors (Lipinski definition) is 4. The average Bonchev–Trinajstić information content (AvgIpc) is 2.49. The van der Waals surface area contributed by atoms with Gasteiger partial charge >= 0.3 is 0 Å². The second kappa shape index (κ2) is 4.85. The molecule has 5 heteroatoms. The van der Waals surface area contributed by atoms with E-state index in [4.69, 9.17) is 12.2 Å². The number of fused-ring (bicyclic) bond motifs is 1. The quantitative estimate of drug-likeness (QED) is 0.669. The van der Waals surface area contributed by atoms with Gasteiger partial charge in [0.15, 0.2) is 0 Å². The molecule has 3 rings (SSSR count). The van der Waals surface area contributed by atoms with Gasteiger partial charge in [0.2, 0.25) is 0 Å². The van der Waals surface area contributed by atoms with Gasteiger partial charge in [0.05, 0.1) is 5.69 Å². The molecule has 94 valence electrons. The summed E-state index contributed by atoms with van der Waals surface area (Å²) in [6.07, 6.45) is 3.51. The van der Waals surface area contributed by atoms with Gasteiger partial charge in [0, 0.05) is 24.3 Å². The molecule has 3 aromatic rings. The van der Waals surface area contributed by atoms with E-state index in [1.54, 1.807) is 17.1 Å². The van der Waals surface area contributed by atoms with E-state index in [-0.39, 0.29) is 0 Å². The van der Waals surface area contributed by atoms with Crippen molar-refractivity contribution in [2.45, 2.75) is 13.5 Å². The minimum atomic E-state index is 0.665. The van der Waals surface area contributed by atoms with E-state index in [0.717, 1.165) is 22.3 Å². The third kappa shape index (κ3) is 2.02. The van der Waals surface area contributed by atoms with E-state index in [9.17, 15) is 0 Å². The molecule has 0 aliphatic carbocycles. The van der Waals surface area contributed by atoms with Gasteiger partial charge in [-0.25, -0.2) is 0 Å². The van der Waals surface area contributed by atoms with Gasteiger partial charge in [0.1, 0.15) is 15.9 Å². The van der Waals surface area contributed by atoms with Gasteiger partial charge < -0.3 is 0 Å². The Bertz CT molecular complexity index is 780. The molecule has 4 nitrogen and oxygen atoms in total. The van der Waals surface area contributed by atoms with Gasteiger partial charge in [-0.1, -0.05) is 18.3 Å². The predicted octanol–water partition coefficient (Wildman–Crippen LogP) is 3.24. The van der Waals surface area contributed by atoms with Crippen molar-refractivity contribution in [1.29, 1.82) is 0 Å². The fourth-order valence-corrected chi connectivity index (χ4v) is 2.35. The highest BCUT2D eigenvalue weighted by Crippen LogP contribution is 2.24. The van der Waals surface area contributed by atoms with Gasteiger partial charge in [-0.05, 0) is 31.2 Å². The van der Waals surface area contributed by atoms with Gasteiger partial charge in [-0.3, -0.25) is 14.6 Å². The molecule has 0 bridgehead atoms. The van der Waals surface area contributed by atoms with Crippen LogP contribution in [0.15, 0.2) is 42.7 Å². The zero-order valence-electron chi connectivity index (χ0n) is 10.4. The Labute approximate surface area is 115 Å². The Morgan fingerprint density at radius 1 is 1.11 bits per heavy atom. The summed E-state index contributed by atoms with van der Waals surface area (Å²) in [7, 11) is 0. The van der Waals surface area contributed by atoms with Crippen LogP contribution in [-0.2, 0) is 6.54 Å². The molecule has 3 aromatic heterocycles. The first-order chi connectivity index (χ1) is 9.31. The topological polar surface area (TPSA) is 43.6 Å². The van der Waals surface area contributed by atoms with Crippen LogP contribution in [0.25, 0.3) is 22.3 Å². The first kappa shape index (κ1) is 11.9. The summed E-state index contributed by atoms with van der Waals surface area (Å²) in [4.78, 5) is 8.75. The first-order valence-electron chi connectivity index (χ1n) is 6.08. The molecular formula is C14H12N4S.